The lowest BCUT2D eigenvalue weighted by Crippen LogP contribution is -2.23. The highest BCUT2D eigenvalue weighted by atomic mass is 32.2. The van der Waals surface area contributed by atoms with Crippen molar-refractivity contribution in [1.82, 2.24) is 9.55 Å². The average molecular weight is 452 g/mol. The number of rotatable bonds is 7. The van der Waals surface area contributed by atoms with Gasteiger partial charge in [0.1, 0.15) is 16.4 Å². The summed E-state index contributed by atoms with van der Waals surface area (Å²) in [5, 5.41) is 5.76. The molecule has 1 amide bonds. The predicted molar refractivity (Wildman–Crippen MR) is 127 cm³/mol. The number of carbonyl (C=O) groups is 1. The second kappa shape index (κ2) is 8.95. The summed E-state index contributed by atoms with van der Waals surface area (Å²) in [6.07, 6.45) is 1.65. The van der Waals surface area contributed by atoms with Gasteiger partial charge in [-0.25, -0.2) is 4.98 Å². The number of anilines is 1. The van der Waals surface area contributed by atoms with Crippen molar-refractivity contribution in [2.45, 2.75) is 25.5 Å². The van der Waals surface area contributed by atoms with Gasteiger partial charge in [0, 0.05) is 23.2 Å². The van der Waals surface area contributed by atoms with Gasteiger partial charge in [0.15, 0.2) is 5.16 Å². The Kier molecular flexibility index (Phi) is 6.11. The van der Waals surface area contributed by atoms with E-state index in [4.69, 9.17) is 4.42 Å². The first-order chi connectivity index (χ1) is 15.0. The number of nitrogens with zero attached hydrogens (tertiary/aromatic N) is 2. The van der Waals surface area contributed by atoms with Crippen LogP contribution in [0.5, 0.6) is 0 Å². The van der Waals surface area contributed by atoms with E-state index < -0.39 is 0 Å². The Balaban J connectivity index is 1.62. The molecular weight excluding hydrogens is 430 g/mol. The van der Waals surface area contributed by atoms with Crippen molar-refractivity contribution in [2.75, 3.05) is 11.1 Å². The van der Waals surface area contributed by atoms with E-state index in [1.54, 1.807) is 10.6 Å². The first-order valence-corrected chi connectivity index (χ1v) is 11.5. The third-order valence-corrected chi connectivity index (χ3v) is 6.49. The molecule has 1 aromatic carbocycles. The Bertz CT molecular complexity index is 1320. The van der Waals surface area contributed by atoms with Crippen LogP contribution < -0.4 is 10.9 Å². The fraction of sp³-hybridized carbons (Fsp3) is 0.174. The molecule has 6 nitrogen and oxygen atoms in total. The van der Waals surface area contributed by atoms with Gasteiger partial charge in [0.2, 0.25) is 5.91 Å². The summed E-state index contributed by atoms with van der Waals surface area (Å²) >= 11 is 2.62. The molecule has 3 heterocycles. The second-order valence-electron chi connectivity index (χ2n) is 7.04. The fourth-order valence-corrected chi connectivity index (χ4v) is 4.91. The number of thiophene rings is 1. The lowest BCUT2D eigenvalue weighted by molar-refractivity contribution is -0.113. The monoisotopic (exact) mass is 451 g/mol. The maximum absolute atomic E-state index is 13.3. The molecule has 0 saturated carbocycles. The number of allylic oxidation sites excluding steroid dienone is 1. The van der Waals surface area contributed by atoms with Crippen LogP contribution >= 0.6 is 23.1 Å². The van der Waals surface area contributed by atoms with Crippen LogP contribution in [0, 0.1) is 13.8 Å². The van der Waals surface area contributed by atoms with E-state index in [1.807, 2.05) is 55.6 Å². The number of hydrogen-bond acceptors (Lipinski definition) is 6. The average Bonchev–Trinajstić information content (AvgIpc) is 3.36. The third-order valence-electron chi connectivity index (χ3n) is 4.64. The van der Waals surface area contributed by atoms with Crippen molar-refractivity contribution < 1.29 is 9.21 Å². The van der Waals surface area contributed by atoms with E-state index in [0.29, 0.717) is 27.7 Å². The number of amides is 1. The minimum absolute atomic E-state index is 0.137. The smallest absolute Gasteiger partial charge is 0.263 e. The quantitative estimate of drug-likeness (QED) is 0.236. The lowest BCUT2D eigenvalue weighted by atomic mass is 10.2. The van der Waals surface area contributed by atoms with Gasteiger partial charge in [-0.05, 0) is 38.1 Å². The highest BCUT2D eigenvalue weighted by Crippen LogP contribution is 2.33. The van der Waals surface area contributed by atoms with Crippen LogP contribution in [0.15, 0.2) is 68.8 Å². The lowest BCUT2D eigenvalue weighted by Gasteiger charge is -2.11. The molecule has 0 aliphatic rings. The minimum atomic E-state index is -0.170. The molecule has 0 unspecified atom stereocenters. The van der Waals surface area contributed by atoms with Crippen LogP contribution in [0.4, 0.5) is 5.69 Å². The van der Waals surface area contributed by atoms with Crippen LogP contribution in [-0.4, -0.2) is 21.2 Å². The van der Waals surface area contributed by atoms with Gasteiger partial charge in [-0.1, -0.05) is 35.5 Å². The van der Waals surface area contributed by atoms with Crippen molar-refractivity contribution >= 4 is 44.9 Å². The molecule has 3 aromatic heterocycles. The Labute approximate surface area is 187 Å². The largest absolute Gasteiger partial charge is 0.461 e. The van der Waals surface area contributed by atoms with Crippen molar-refractivity contribution in [3.63, 3.8) is 0 Å². The van der Waals surface area contributed by atoms with E-state index in [-0.39, 0.29) is 17.2 Å². The molecule has 0 aliphatic heterocycles. The fourth-order valence-electron chi connectivity index (χ4n) is 3.13. The number of aryl methyl sites for hydroxylation is 2. The number of aromatic nitrogens is 2. The molecule has 0 bridgehead atoms. The molecule has 158 valence electrons. The zero-order valence-corrected chi connectivity index (χ0v) is 18.8. The molecule has 0 aliphatic carbocycles. The van der Waals surface area contributed by atoms with Crippen LogP contribution in [0.1, 0.15) is 11.3 Å². The van der Waals surface area contributed by atoms with Gasteiger partial charge >= 0.3 is 0 Å². The second-order valence-corrected chi connectivity index (χ2v) is 8.84. The summed E-state index contributed by atoms with van der Waals surface area (Å²) in [6, 6.07) is 11.3. The standard InChI is InChI=1S/C23H21N3O3S2/c1-4-11-26-22(28)20-17(18-10-7-15(3)29-18)12-30-21(20)25-23(26)31-13-19(27)24-16-8-5-14(2)6-9-16/h4-10,12H,1,11,13H2,2-3H3,(H,24,27). The Morgan fingerprint density at radius 1 is 1.26 bits per heavy atom. The summed E-state index contributed by atoms with van der Waals surface area (Å²) < 4.78 is 7.26. The van der Waals surface area contributed by atoms with Crippen LogP contribution in [0.2, 0.25) is 0 Å². The van der Waals surface area contributed by atoms with E-state index in [0.717, 1.165) is 22.6 Å². The van der Waals surface area contributed by atoms with Gasteiger partial charge < -0.3 is 9.73 Å². The van der Waals surface area contributed by atoms with Gasteiger partial charge in [0.25, 0.3) is 5.56 Å². The SMILES string of the molecule is C=CCn1c(SCC(=O)Nc2ccc(C)cc2)nc2scc(-c3ccc(C)o3)c2c1=O. The van der Waals surface area contributed by atoms with Crippen molar-refractivity contribution in [3.05, 3.63) is 76.1 Å². The Morgan fingerprint density at radius 2 is 2.03 bits per heavy atom. The first-order valence-electron chi connectivity index (χ1n) is 9.65. The number of fused-ring (bicyclic) bond motifs is 1. The summed E-state index contributed by atoms with van der Waals surface area (Å²) in [6.45, 7) is 7.91. The molecule has 8 heteroatoms. The molecule has 0 radical (unpaired) electrons. The zero-order valence-electron chi connectivity index (χ0n) is 17.2. The molecule has 1 N–H and O–H groups in total. The van der Waals surface area contributed by atoms with Gasteiger partial charge in [-0.3, -0.25) is 14.2 Å². The van der Waals surface area contributed by atoms with E-state index in [1.165, 1.54) is 23.1 Å². The summed E-state index contributed by atoms with van der Waals surface area (Å²) in [4.78, 5) is 31.0. The van der Waals surface area contributed by atoms with Crippen molar-refractivity contribution in [1.29, 1.82) is 0 Å². The molecule has 4 aromatic rings. The number of carbonyl (C=O) groups excluding carboxylic acids is 1. The Morgan fingerprint density at radius 3 is 2.71 bits per heavy atom. The number of furan rings is 1. The van der Waals surface area contributed by atoms with Crippen molar-refractivity contribution in [3.8, 4) is 11.3 Å². The molecular formula is C23H21N3O3S2. The van der Waals surface area contributed by atoms with E-state index in [2.05, 4.69) is 16.9 Å². The maximum Gasteiger partial charge on any atom is 0.263 e. The van der Waals surface area contributed by atoms with Crippen LogP contribution in [0.3, 0.4) is 0 Å². The van der Waals surface area contributed by atoms with Crippen LogP contribution in [-0.2, 0) is 11.3 Å². The predicted octanol–water partition coefficient (Wildman–Crippen LogP) is 5.25. The summed E-state index contributed by atoms with van der Waals surface area (Å²) in [7, 11) is 0. The van der Waals surface area contributed by atoms with E-state index >= 15 is 0 Å². The molecule has 31 heavy (non-hydrogen) atoms. The molecule has 0 atom stereocenters. The van der Waals surface area contributed by atoms with Crippen LogP contribution in [0.25, 0.3) is 21.5 Å². The maximum atomic E-state index is 13.3. The molecule has 0 spiro atoms. The Hall–Kier alpha value is -3.10. The topological polar surface area (TPSA) is 77.1 Å². The highest BCUT2D eigenvalue weighted by molar-refractivity contribution is 7.99. The van der Waals surface area contributed by atoms with Gasteiger partial charge in [-0.15, -0.1) is 17.9 Å². The zero-order chi connectivity index (χ0) is 22.0. The normalized spacial score (nSPS) is 11.0. The molecule has 4 rings (SSSR count). The van der Waals surface area contributed by atoms with Crippen molar-refractivity contribution in [2.24, 2.45) is 0 Å². The molecule has 0 fully saturated rings. The number of nitrogens with one attached hydrogen (secondary N) is 1. The number of hydrogen-bond donors (Lipinski definition) is 1. The molecule has 0 saturated heterocycles. The van der Waals surface area contributed by atoms with Gasteiger partial charge in [-0.2, -0.15) is 0 Å². The minimum Gasteiger partial charge on any atom is -0.461 e. The number of benzene rings is 1. The van der Waals surface area contributed by atoms with Gasteiger partial charge in [0.05, 0.1) is 11.1 Å². The summed E-state index contributed by atoms with van der Waals surface area (Å²) in [5.74, 6) is 1.40. The number of thioether (sulfide) groups is 1. The van der Waals surface area contributed by atoms with E-state index in [9.17, 15) is 9.59 Å². The highest BCUT2D eigenvalue weighted by Gasteiger charge is 2.19. The summed E-state index contributed by atoms with van der Waals surface area (Å²) in [5.41, 5.74) is 2.42. The third kappa shape index (κ3) is 4.50. The first kappa shape index (κ1) is 21.1.